The second-order valence-electron chi connectivity index (χ2n) is 6.26. The van der Waals surface area contributed by atoms with Gasteiger partial charge in [0.25, 0.3) is 5.91 Å². The van der Waals surface area contributed by atoms with Crippen LogP contribution in [-0.2, 0) is 19.6 Å². The van der Waals surface area contributed by atoms with Crippen LogP contribution in [0.4, 0.5) is 10.1 Å². The van der Waals surface area contributed by atoms with Crippen LogP contribution in [0.25, 0.3) is 0 Å². The minimum Gasteiger partial charge on any atom is -0.481 e. The molecular weight excluding hydrogens is 387 g/mol. The molecule has 0 aromatic heterocycles. The number of hydrogen-bond acceptors (Lipinski definition) is 5. The Morgan fingerprint density at radius 3 is 2.64 bits per heavy atom. The van der Waals surface area contributed by atoms with Crippen LogP contribution < -0.4 is 10.1 Å². The molecule has 0 bridgehead atoms. The number of carbonyl (C=O) groups is 1. The van der Waals surface area contributed by atoms with E-state index >= 15 is 0 Å². The summed E-state index contributed by atoms with van der Waals surface area (Å²) in [4.78, 5) is 12.2. The lowest BCUT2D eigenvalue weighted by molar-refractivity contribution is -0.118. The van der Waals surface area contributed by atoms with Crippen LogP contribution in [0.15, 0.2) is 47.4 Å². The Morgan fingerprint density at radius 2 is 1.93 bits per heavy atom. The topological polar surface area (TPSA) is 84.9 Å². The number of sulfonamides is 1. The van der Waals surface area contributed by atoms with Gasteiger partial charge in [-0.3, -0.25) is 4.79 Å². The lowest BCUT2D eigenvalue weighted by Gasteiger charge is -2.26. The van der Waals surface area contributed by atoms with Crippen LogP contribution in [0, 0.1) is 12.7 Å². The van der Waals surface area contributed by atoms with Gasteiger partial charge in [-0.1, -0.05) is 18.2 Å². The number of morpholine rings is 1. The minimum absolute atomic E-state index is 0.0304. The first-order chi connectivity index (χ1) is 13.4. The monoisotopic (exact) mass is 408 g/mol. The van der Waals surface area contributed by atoms with Crippen molar-refractivity contribution < 1.29 is 27.1 Å². The number of hydrogen-bond donors (Lipinski definition) is 1. The van der Waals surface area contributed by atoms with E-state index < -0.39 is 28.4 Å². The zero-order valence-corrected chi connectivity index (χ0v) is 16.2. The van der Waals surface area contributed by atoms with Crippen molar-refractivity contribution in [1.29, 1.82) is 0 Å². The van der Waals surface area contributed by atoms with E-state index in [4.69, 9.17) is 9.47 Å². The van der Waals surface area contributed by atoms with Crippen LogP contribution in [-0.4, -0.2) is 51.5 Å². The Labute approximate surface area is 163 Å². The predicted octanol–water partition coefficient (Wildman–Crippen LogP) is 2.17. The third kappa shape index (κ3) is 4.67. The summed E-state index contributed by atoms with van der Waals surface area (Å²) in [6.07, 6.45) is 0. The number of halogens is 1. The lowest BCUT2D eigenvalue weighted by atomic mass is 10.2. The molecule has 1 saturated heterocycles. The number of rotatable bonds is 6. The summed E-state index contributed by atoms with van der Waals surface area (Å²) in [5.41, 5.74) is 0.895. The maximum absolute atomic E-state index is 13.5. The van der Waals surface area contributed by atoms with Gasteiger partial charge in [-0.15, -0.1) is 0 Å². The van der Waals surface area contributed by atoms with Crippen molar-refractivity contribution in [1.82, 2.24) is 4.31 Å². The third-order valence-corrected chi connectivity index (χ3v) is 6.30. The van der Waals surface area contributed by atoms with Crippen molar-refractivity contribution in [3.63, 3.8) is 0 Å². The predicted molar refractivity (Wildman–Crippen MR) is 101 cm³/mol. The molecule has 0 aliphatic carbocycles. The first kappa shape index (κ1) is 20.2. The van der Waals surface area contributed by atoms with Crippen molar-refractivity contribution in [2.75, 3.05) is 38.2 Å². The molecule has 1 aliphatic rings. The average molecular weight is 408 g/mol. The maximum atomic E-state index is 13.5. The standard InChI is InChI=1S/C19H21FN2O5S/c1-14-6-7-15(12-18(14)28(24,25)22-8-10-26-11-9-22)21-19(23)13-27-17-5-3-2-4-16(17)20/h2-7,12H,8-11,13H2,1H3,(H,21,23). The highest BCUT2D eigenvalue weighted by Crippen LogP contribution is 2.24. The van der Waals surface area contributed by atoms with Gasteiger partial charge >= 0.3 is 0 Å². The Bertz CT molecular complexity index is 959. The molecule has 2 aromatic carbocycles. The van der Waals surface area contributed by atoms with Crippen LogP contribution in [0.1, 0.15) is 5.56 Å². The fraction of sp³-hybridized carbons (Fsp3) is 0.316. The number of nitrogens with zero attached hydrogens (tertiary/aromatic N) is 1. The van der Waals surface area contributed by atoms with Gasteiger partial charge in [0, 0.05) is 18.8 Å². The number of para-hydroxylation sites is 1. The summed E-state index contributed by atoms with van der Waals surface area (Å²) in [5.74, 6) is -1.12. The molecule has 1 fully saturated rings. The van der Waals surface area contributed by atoms with Crippen molar-refractivity contribution >= 4 is 21.6 Å². The molecule has 28 heavy (non-hydrogen) atoms. The number of ether oxygens (including phenoxy) is 2. The first-order valence-corrected chi connectivity index (χ1v) is 10.2. The van der Waals surface area contributed by atoms with E-state index in [1.165, 1.54) is 28.6 Å². The molecule has 0 saturated carbocycles. The summed E-state index contributed by atoms with van der Waals surface area (Å²) >= 11 is 0. The molecule has 0 spiro atoms. The Morgan fingerprint density at radius 1 is 1.21 bits per heavy atom. The second kappa shape index (κ2) is 8.68. The highest BCUT2D eigenvalue weighted by molar-refractivity contribution is 7.89. The number of carbonyl (C=O) groups excluding carboxylic acids is 1. The number of amides is 1. The number of benzene rings is 2. The molecule has 1 heterocycles. The molecule has 9 heteroatoms. The van der Waals surface area contributed by atoms with Gasteiger partial charge in [0.1, 0.15) is 0 Å². The fourth-order valence-electron chi connectivity index (χ4n) is 2.78. The van der Waals surface area contributed by atoms with Gasteiger partial charge in [0.2, 0.25) is 10.0 Å². The maximum Gasteiger partial charge on any atom is 0.262 e. The molecule has 1 amide bonds. The van der Waals surface area contributed by atoms with Gasteiger partial charge in [-0.25, -0.2) is 12.8 Å². The van der Waals surface area contributed by atoms with E-state index in [2.05, 4.69) is 5.32 Å². The quantitative estimate of drug-likeness (QED) is 0.792. The van der Waals surface area contributed by atoms with E-state index in [9.17, 15) is 17.6 Å². The largest absolute Gasteiger partial charge is 0.481 e. The normalized spacial score (nSPS) is 15.2. The molecule has 0 radical (unpaired) electrons. The average Bonchev–Trinajstić information content (AvgIpc) is 2.69. The minimum atomic E-state index is -3.69. The highest BCUT2D eigenvalue weighted by Gasteiger charge is 2.28. The van der Waals surface area contributed by atoms with Crippen molar-refractivity contribution in [2.45, 2.75) is 11.8 Å². The lowest BCUT2D eigenvalue weighted by Crippen LogP contribution is -2.40. The number of anilines is 1. The van der Waals surface area contributed by atoms with Crippen LogP contribution in [0.2, 0.25) is 0 Å². The Kier molecular flexibility index (Phi) is 6.28. The molecule has 3 rings (SSSR count). The molecule has 7 nitrogen and oxygen atoms in total. The van der Waals surface area contributed by atoms with Gasteiger partial charge < -0.3 is 14.8 Å². The summed E-state index contributed by atoms with van der Waals surface area (Å²) < 4.78 is 51.0. The molecular formula is C19H21FN2O5S. The van der Waals surface area contributed by atoms with Crippen molar-refractivity contribution in [3.05, 3.63) is 53.8 Å². The zero-order valence-electron chi connectivity index (χ0n) is 15.4. The Hall–Kier alpha value is -2.49. The zero-order chi connectivity index (χ0) is 20.1. The fourth-order valence-corrected chi connectivity index (χ4v) is 4.44. The van der Waals surface area contributed by atoms with E-state index in [1.807, 2.05) is 0 Å². The van der Waals surface area contributed by atoms with Gasteiger partial charge in [-0.05, 0) is 36.8 Å². The van der Waals surface area contributed by atoms with Gasteiger partial charge in [0.15, 0.2) is 18.2 Å². The molecule has 0 atom stereocenters. The van der Waals surface area contributed by atoms with Crippen molar-refractivity contribution in [3.8, 4) is 5.75 Å². The molecule has 1 aliphatic heterocycles. The van der Waals surface area contributed by atoms with Crippen LogP contribution in [0.5, 0.6) is 5.75 Å². The van der Waals surface area contributed by atoms with Crippen molar-refractivity contribution in [2.24, 2.45) is 0 Å². The number of aryl methyl sites for hydroxylation is 1. The first-order valence-electron chi connectivity index (χ1n) is 8.73. The van der Waals surface area contributed by atoms with Gasteiger partial charge in [-0.2, -0.15) is 4.31 Å². The van der Waals surface area contributed by atoms with Crippen LogP contribution in [0.3, 0.4) is 0 Å². The molecule has 1 N–H and O–H groups in total. The molecule has 150 valence electrons. The molecule has 0 unspecified atom stereocenters. The summed E-state index contributed by atoms with van der Waals surface area (Å²) in [6, 6.07) is 10.4. The number of nitrogens with one attached hydrogen (secondary N) is 1. The summed E-state index contributed by atoms with van der Waals surface area (Å²) in [5, 5.41) is 2.58. The van der Waals surface area contributed by atoms with E-state index in [-0.39, 0.29) is 23.7 Å². The SMILES string of the molecule is Cc1ccc(NC(=O)COc2ccccc2F)cc1S(=O)(=O)N1CCOCC1. The summed E-state index contributed by atoms with van der Waals surface area (Å²) in [6.45, 7) is 2.56. The Balaban J connectivity index is 1.70. The van der Waals surface area contributed by atoms with E-state index in [0.717, 1.165) is 0 Å². The summed E-state index contributed by atoms with van der Waals surface area (Å²) in [7, 11) is -3.69. The molecule has 2 aromatic rings. The van der Waals surface area contributed by atoms with Crippen LogP contribution >= 0.6 is 0 Å². The second-order valence-corrected chi connectivity index (χ2v) is 8.17. The third-order valence-electron chi connectivity index (χ3n) is 4.26. The smallest absolute Gasteiger partial charge is 0.262 e. The highest BCUT2D eigenvalue weighted by atomic mass is 32.2. The van der Waals surface area contributed by atoms with Gasteiger partial charge in [0.05, 0.1) is 18.1 Å². The van der Waals surface area contributed by atoms with E-state index in [1.54, 1.807) is 25.1 Å². The van der Waals surface area contributed by atoms with E-state index in [0.29, 0.717) is 24.5 Å².